The van der Waals surface area contributed by atoms with Gasteiger partial charge in [0.2, 0.25) is 0 Å². The van der Waals surface area contributed by atoms with E-state index in [-0.39, 0.29) is 5.56 Å². The highest BCUT2D eigenvalue weighted by Crippen LogP contribution is 2.23. The molecular weight excluding hydrogens is 290 g/mol. The molecule has 0 bridgehead atoms. The summed E-state index contributed by atoms with van der Waals surface area (Å²) in [5.41, 5.74) is 3.68. The fraction of sp³-hybridized carbons (Fsp3) is 0.526. The van der Waals surface area contributed by atoms with Crippen molar-refractivity contribution >= 4 is 22.7 Å². The fourth-order valence-electron chi connectivity index (χ4n) is 2.70. The largest absolute Gasteiger partial charge is 0.310 e. The van der Waals surface area contributed by atoms with Gasteiger partial charge in [-0.3, -0.25) is 4.79 Å². The van der Waals surface area contributed by atoms with Gasteiger partial charge in [-0.1, -0.05) is 32.6 Å². The zero-order valence-electron chi connectivity index (χ0n) is 14.2. The molecule has 0 atom stereocenters. The first kappa shape index (κ1) is 17.1. The van der Waals surface area contributed by atoms with Crippen molar-refractivity contribution in [1.82, 2.24) is 4.57 Å². The molecule has 1 aromatic heterocycles. The Morgan fingerprint density at radius 2 is 1.68 bits per heavy atom. The molecule has 3 heteroatoms. The molecule has 2 rings (SSSR count). The van der Waals surface area contributed by atoms with Crippen molar-refractivity contribution in [3.8, 4) is 0 Å². The number of pyridine rings is 1. The molecule has 0 amide bonds. The van der Waals surface area contributed by atoms with E-state index >= 15 is 0 Å². The number of thioether (sulfide) groups is 1. The van der Waals surface area contributed by atoms with Gasteiger partial charge in [-0.25, -0.2) is 0 Å². The minimum absolute atomic E-state index is 0.134. The average molecular weight is 317 g/mol. The third kappa shape index (κ3) is 3.95. The summed E-state index contributed by atoms with van der Waals surface area (Å²) in [6, 6.07) is 6.38. The van der Waals surface area contributed by atoms with Gasteiger partial charge >= 0.3 is 0 Å². The Kier molecular flexibility index (Phi) is 6.13. The number of fused-ring (bicyclic) bond motifs is 1. The number of aromatic nitrogens is 1. The molecule has 0 spiro atoms. The number of rotatable bonds is 7. The molecule has 120 valence electrons. The predicted molar refractivity (Wildman–Crippen MR) is 98.1 cm³/mol. The Bertz CT molecular complexity index is 703. The van der Waals surface area contributed by atoms with Crippen molar-refractivity contribution in [2.45, 2.75) is 57.8 Å². The standard InChI is InChI=1S/C19H27NOS/c1-5-6-7-8-9-10-22-18-13-16-11-14(2)15(3)12-17(16)20(4)19(18)21/h11-13H,5-10H2,1-4H3. The molecule has 0 radical (unpaired) electrons. The molecule has 0 aliphatic carbocycles. The molecule has 0 saturated heterocycles. The molecule has 0 fully saturated rings. The maximum Gasteiger partial charge on any atom is 0.264 e. The second-order valence-electron chi connectivity index (χ2n) is 6.13. The maximum atomic E-state index is 12.5. The van der Waals surface area contributed by atoms with Crippen LogP contribution in [0.1, 0.15) is 50.2 Å². The van der Waals surface area contributed by atoms with Gasteiger partial charge in [-0.05, 0) is 60.7 Å². The second kappa shape index (κ2) is 7.87. The predicted octanol–water partition coefficient (Wildman–Crippen LogP) is 5.22. The smallest absolute Gasteiger partial charge is 0.264 e. The highest BCUT2D eigenvalue weighted by atomic mass is 32.2. The number of unbranched alkanes of at least 4 members (excludes halogenated alkanes) is 4. The summed E-state index contributed by atoms with van der Waals surface area (Å²) in [4.78, 5) is 13.4. The van der Waals surface area contributed by atoms with Gasteiger partial charge in [0.1, 0.15) is 0 Å². The summed E-state index contributed by atoms with van der Waals surface area (Å²) in [5.74, 6) is 1.04. The zero-order valence-corrected chi connectivity index (χ0v) is 15.1. The van der Waals surface area contributed by atoms with Crippen LogP contribution in [0.15, 0.2) is 27.9 Å². The van der Waals surface area contributed by atoms with Gasteiger partial charge in [-0.2, -0.15) is 0 Å². The van der Waals surface area contributed by atoms with Gasteiger partial charge in [-0.15, -0.1) is 11.8 Å². The first-order valence-corrected chi connectivity index (χ1v) is 9.27. The maximum absolute atomic E-state index is 12.5. The molecule has 0 aliphatic heterocycles. The normalized spacial score (nSPS) is 11.3. The summed E-state index contributed by atoms with van der Waals surface area (Å²) in [6.45, 7) is 6.45. The lowest BCUT2D eigenvalue weighted by atomic mass is 10.1. The van der Waals surface area contributed by atoms with Gasteiger partial charge in [0.15, 0.2) is 0 Å². The van der Waals surface area contributed by atoms with E-state index in [1.165, 1.54) is 48.6 Å². The molecule has 0 saturated carbocycles. The van der Waals surface area contributed by atoms with E-state index < -0.39 is 0 Å². The molecular formula is C19H27NOS. The van der Waals surface area contributed by atoms with E-state index in [9.17, 15) is 4.79 Å². The van der Waals surface area contributed by atoms with Crippen LogP contribution >= 0.6 is 11.8 Å². The molecule has 0 unspecified atom stereocenters. The summed E-state index contributed by atoms with van der Waals surface area (Å²) in [6.07, 6.45) is 6.37. The molecule has 1 aromatic carbocycles. The summed E-state index contributed by atoms with van der Waals surface area (Å²) in [7, 11) is 1.88. The second-order valence-corrected chi connectivity index (χ2v) is 7.27. The molecule has 22 heavy (non-hydrogen) atoms. The quantitative estimate of drug-likeness (QED) is 0.516. The Balaban J connectivity index is 2.15. The first-order valence-electron chi connectivity index (χ1n) is 8.28. The molecule has 0 N–H and O–H groups in total. The third-order valence-corrected chi connectivity index (χ3v) is 5.41. The van der Waals surface area contributed by atoms with Crippen LogP contribution in [0.4, 0.5) is 0 Å². The molecule has 2 aromatic rings. The van der Waals surface area contributed by atoms with Crippen LogP contribution in [0.5, 0.6) is 0 Å². The van der Waals surface area contributed by atoms with Gasteiger partial charge in [0.05, 0.1) is 10.4 Å². The zero-order chi connectivity index (χ0) is 16.1. The van der Waals surface area contributed by atoms with Crippen LogP contribution < -0.4 is 5.56 Å². The van der Waals surface area contributed by atoms with Crippen LogP contribution in [0.3, 0.4) is 0 Å². The lowest BCUT2D eigenvalue weighted by Gasteiger charge is -2.11. The van der Waals surface area contributed by atoms with Crippen molar-refractivity contribution in [2.24, 2.45) is 7.05 Å². The van der Waals surface area contributed by atoms with E-state index in [0.29, 0.717) is 0 Å². The minimum Gasteiger partial charge on any atom is -0.310 e. The Morgan fingerprint density at radius 1 is 1.00 bits per heavy atom. The number of nitrogens with zero attached hydrogens (tertiary/aromatic N) is 1. The number of hydrogen-bond donors (Lipinski definition) is 0. The topological polar surface area (TPSA) is 22.0 Å². The minimum atomic E-state index is 0.134. The van der Waals surface area contributed by atoms with Crippen LogP contribution in [0, 0.1) is 13.8 Å². The first-order chi connectivity index (χ1) is 10.5. The van der Waals surface area contributed by atoms with Crippen LogP contribution in [-0.4, -0.2) is 10.3 Å². The highest BCUT2D eigenvalue weighted by Gasteiger charge is 2.08. The Morgan fingerprint density at radius 3 is 2.41 bits per heavy atom. The monoisotopic (exact) mass is 317 g/mol. The van der Waals surface area contributed by atoms with Crippen LogP contribution in [-0.2, 0) is 7.05 Å². The Hall–Kier alpha value is -1.22. The number of aryl methyl sites for hydroxylation is 3. The SMILES string of the molecule is CCCCCCCSc1cc2cc(C)c(C)cc2n(C)c1=O. The molecule has 2 nitrogen and oxygen atoms in total. The van der Waals surface area contributed by atoms with Crippen molar-refractivity contribution < 1.29 is 0 Å². The lowest BCUT2D eigenvalue weighted by Crippen LogP contribution is -2.18. The lowest BCUT2D eigenvalue weighted by molar-refractivity contribution is 0.659. The van der Waals surface area contributed by atoms with Crippen LogP contribution in [0.2, 0.25) is 0 Å². The molecule has 1 heterocycles. The van der Waals surface area contributed by atoms with E-state index in [0.717, 1.165) is 16.2 Å². The van der Waals surface area contributed by atoms with Gasteiger partial charge in [0, 0.05) is 7.05 Å². The van der Waals surface area contributed by atoms with Gasteiger partial charge in [0.25, 0.3) is 5.56 Å². The van der Waals surface area contributed by atoms with Crippen molar-refractivity contribution in [3.63, 3.8) is 0 Å². The van der Waals surface area contributed by atoms with Crippen LogP contribution in [0.25, 0.3) is 10.9 Å². The van der Waals surface area contributed by atoms with E-state index in [1.807, 2.05) is 7.05 Å². The summed E-state index contributed by atoms with van der Waals surface area (Å²) >= 11 is 1.71. The third-order valence-electron chi connectivity index (χ3n) is 4.31. The summed E-state index contributed by atoms with van der Waals surface area (Å²) in [5, 5.41) is 1.17. The molecule has 0 aliphatic rings. The number of benzene rings is 1. The van der Waals surface area contributed by atoms with Crippen molar-refractivity contribution in [2.75, 3.05) is 5.75 Å². The number of hydrogen-bond acceptors (Lipinski definition) is 2. The average Bonchev–Trinajstić information content (AvgIpc) is 2.50. The Labute approximate surface area is 137 Å². The van der Waals surface area contributed by atoms with Gasteiger partial charge < -0.3 is 4.57 Å². The summed E-state index contributed by atoms with van der Waals surface area (Å²) < 4.78 is 1.79. The van der Waals surface area contributed by atoms with E-state index in [4.69, 9.17) is 0 Å². The van der Waals surface area contributed by atoms with Crippen molar-refractivity contribution in [1.29, 1.82) is 0 Å². The fourth-order valence-corrected chi connectivity index (χ4v) is 3.74. The van der Waals surface area contributed by atoms with Crippen molar-refractivity contribution in [3.05, 3.63) is 39.7 Å². The van der Waals surface area contributed by atoms with E-state index in [2.05, 4.69) is 39.0 Å². The highest BCUT2D eigenvalue weighted by molar-refractivity contribution is 7.99. The van der Waals surface area contributed by atoms with E-state index in [1.54, 1.807) is 16.3 Å².